The summed E-state index contributed by atoms with van der Waals surface area (Å²) >= 11 is 0. The normalized spacial score (nSPS) is 14.1. The van der Waals surface area contributed by atoms with Crippen molar-refractivity contribution in [1.82, 2.24) is 9.88 Å². The van der Waals surface area contributed by atoms with Gasteiger partial charge in [-0.3, -0.25) is 4.90 Å². The highest BCUT2D eigenvalue weighted by atomic mass is 16.5. The van der Waals surface area contributed by atoms with Gasteiger partial charge in [-0.05, 0) is 67.6 Å². The van der Waals surface area contributed by atoms with Crippen molar-refractivity contribution in [2.24, 2.45) is 0 Å². The number of nitrogens with one attached hydrogen (secondary N) is 1. The lowest BCUT2D eigenvalue weighted by Crippen LogP contribution is -2.30. The molecule has 2 aromatic carbocycles. The number of hydrogen-bond acceptors (Lipinski definition) is 4. The van der Waals surface area contributed by atoms with Crippen molar-refractivity contribution in [2.45, 2.75) is 40.3 Å². The molecule has 5 nitrogen and oxygen atoms in total. The standard InChI is InChI=1S/C24H28N2O3/c1-5-29-24(27)22-16(3)25-21-9-6-15(2)20(23(21)22)14-26-11-10-17-12-19(28-4)8-7-18(17)13-26/h6-9,12,25H,5,10-11,13-14H2,1-4H3. The molecule has 0 unspecified atom stereocenters. The SMILES string of the molecule is CCOC(=O)c1c(C)[nH]c2ccc(C)c(CN3CCc4cc(OC)ccc4C3)c12. The van der Waals surface area contributed by atoms with Gasteiger partial charge in [0, 0.05) is 36.2 Å². The molecule has 4 rings (SSSR count). The maximum Gasteiger partial charge on any atom is 0.340 e. The first-order valence-electron chi connectivity index (χ1n) is 10.2. The van der Waals surface area contributed by atoms with Crippen molar-refractivity contribution < 1.29 is 14.3 Å². The number of aryl methyl sites for hydroxylation is 2. The van der Waals surface area contributed by atoms with Crippen LogP contribution >= 0.6 is 0 Å². The summed E-state index contributed by atoms with van der Waals surface area (Å²) in [5, 5.41) is 1.00. The Labute approximate surface area is 171 Å². The zero-order valence-electron chi connectivity index (χ0n) is 17.6. The molecule has 0 bridgehead atoms. The topological polar surface area (TPSA) is 54.6 Å². The molecule has 1 aliphatic rings. The van der Waals surface area contributed by atoms with Gasteiger partial charge in [-0.25, -0.2) is 4.79 Å². The second-order valence-corrected chi connectivity index (χ2v) is 7.72. The van der Waals surface area contributed by atoms with Crippen LogP contribution in [0.25, 0.3) is 10.9 Å². The number of esters is 1. The minimum atomic E-state index is -0.251. The van der Waals surface area contributed by atoms with Gasteiger partial charge in [0.1, 0.15) is 5.75 Å². The number of rotatable bonds is 5. The third kappa shape index (κ3) is 3.62. The van der Waals surface area contributed by atoms with Crippen LogP contribution in [0.3, 0.4) is 0 Å². The average molecular weight is 392 g/mol. The number of aromatic amines is 1. The summed E-state index contributed by atoms with van der Waals surface area (Å²) in [4.78, 5) is 18.5. The summed E-state index contributed by atoms with van der Waals surface area (Å²) in [7, 11) is 1.71. The van der Waals surface area contributed by atoms with E-state index in [0.29, 0.717) is 12.2 Å². The Morgan fingerprint density at radius 2 is 2.00 bits per heavy atom. The zero-order valence-corrected chi connectivity index (χ0v) is 17.6. The monoisotopic (exact) mass is 392 g/mol. The Bertz CT molecular complexity index is 1070. The fourth-order valence-electron chi connectivity index (χ4n) is 4.33. The van der Waals surface area contributed by atoms with E-state index in [9.17, 15) is 4.79 Å². The lowest BCUT2D eigenvalue weighted by molar-refractivity contribution is 0.0528. The van der Waals surface area contributed by atoms with E-state index in [1.807, 2.05) is 19.9 Å². The number of carbonyl (C=O) groups is 1. The van der Waals surface area contributed by atoms with Crippen molar-refractivity contribution in [3.05, 3.63) is 63.8 Å². The molecule has 0 fully saturated rings. The van der Waals surface area contributed by atoms with Crippen LogP contribution in [0, 0.1) is 13.8 Å². The molecule has 1 aromatic heterocycles. The van der Waals surface area contributed by atoms with E-state index in [1.54, 1.807) is 7.11 Å². The number of carbonyl (C=O) groups excluding carboxylic acids is 1. The third-order valence-corrected chi connectivity index (χ3v) is 5.86. The van der Waals surface area contributed by atoms with Crippen molar-refractivity contribution in [1.29, 1.82) is 0 Å². The quantitative estimate of drug-likeness (QED) is 0.648. The molecule has 0 atom stereocenters. The van der Waals surface area contributed by atoms with Crippen LogP contribution in [0.4, 0.5) is 0 Å². The lowest BCUT2D eigenvalue weighted by Gasteiger charge is -2.30. The zero-order chi connectivity index (χ0) is 20.5. The molecule has 3 aromatic rings. The predicted octanol–water partition coefficient (Wildman–Crippen LogP) is 4.53. The van der Waals surface area contributed by atoms with E-state index >= 15 is 0 Å². The molecule has 2 heterocycles. The smallest absolute Gasteiger partial charge is 0.340 e. The largest absolute Gasteiger partial charge is 0.497 e. The second kappa shape index (κ2) is 7.91. The Hall–Kier alpha value is -2.79. The summed E-state index contributed by atoms with van der Waals surface area (Å²) in [6, 6.07) is 10.5. The summed E-state index contributed by atoms with van der Waals surface area (Å²) in [5.74, 6) is 0.666. The average Bonchev–Trinajstić information content (AvgIpc) is 3.06. The molecule has 5 heteroatoms. The number of methoxy groups -OCH3 is 1. The van der Waals surface area contributed by atoms with E-state index in [1.165, 1.54) is 22.3 Å². The maximum atomic E-state index is 12.7. The number of fused-ring (bicyclic) bond motifs is 2. The van der Waals surface area contributed by atoms with Crippen molar-refractivity contribution >= 4 is 16.9 Å². The molecular formula is C24H28N2O3. The van der Waals surface area contributed by atoms with E-state index in [4.69, 9.17) is 9.47 Å². The molecule has 0 saturated heterocycles. The van der Waals surface area contributed by atoms with Gasteiger partial charge in [0.25, 0.3) is 0 Å². The van der Waals surface area contributed by atoms with Crippen LogP contribution in [0.15, 0.2) is 30.3 Å². The van der Waals surface area contributed by atoms with Crippen molar-refractivity contribution in [3.63, 3.8) is 0 Å². The maximum absolute atomic E-state index is 12.7. The second-order valence-electron chi connectivity index (χ2n) is 7.72. The predicted molar refractivity (Wildman–Crippen MR) is 115 cm³/mol. The van der Waals surface area contributed by atoms with Gasteiger partial charge in [0.15, 0.2) is 0 Å². The van der Waals surface area contributed by atoms with Gasteiger partial charge in [0.05, 0.1) is 19.3 Å². The van der Waals surface area contributed by atoms with Crippen molar-refractivity contribution in [3.8, 4) is 5.75 Å². The third-order valence-electron chi connectivity index (χ3n) is 5.86. The van der Waals surface area contributed by atoms with Gasteiger partial charge >= 0.3 is 5.97 Å². The van der Waals surface area contributed by atoms with Crippen LogP contribution < -0.4 is 4.74 Å². The number of benzene rings is 2. The van der Waals surface area contributed by atoms with E-state index in [0.717, 1.165) is 48.4 Å². The van der Waals surface area contributed by atoms with Crippen LogP contribution in [-0.2, 0) is 24.2 Å². The Morgan fingerprint density at radius 1 is 1.17 bits per heavy atom. The fourth-order valence-corrected chi connectivity index (χ4v) is 4.33. The molecule has 0 spiro atoms. The number of H-pyrrole nitrogens is 1. The molecule has 152 valence electrons. The summed E-state index contributed by atoms with van der Waals surface area (Å²) < 4.78 is 10.7. The molecular weight excluding hydrogens is 364 g/mol. The van der Waals surface area contributed by atoms with Gasteiger partial charge < -0.3 is 14.5 Å². The van der Waals surface area contributed by atoms with Crippen molar-refractivity contribution in [2.75, 3.05) is 20.3 Å². The number of nitrogens with zero attached hydrogens (tertiary/aromatic N) is 1. The summed E-state index contributed by atoms with van der Waals surface area (Å²) in [6.07, 6.45) is 0.998. The van der Waals surface area contributed by atoms with Gasteiger partial charge in [0.2, 0.25) is 0 Å². The molecule has 1 aliphatic heterocycles. The highest BCUT2D eigenvalue weighted by molar-refractivity contribution is 6.07. The number of aromatic nitrogens is 1. The lowest BCUT2D eigenvalue weighted by atomic mass is 9.96. The highest BCUT2D eigenvalue weighted by Crippen LogP contribution is 2.31. The minimum Gasteiger partial charge on any atom is -0.497 e. The number of ether oxygens (including phenoxy) is 2. The van der Waals surface area contributed by atoms with Gasteiger partial charge in [-0.1, -0.05) is 12.1 Å². The van der Waals surface area contributed by atoms with E-state index in [2.05, 4.69) is 41.1 Å². The first-order chi connectivity index (χ1) is 14.0. The minimum absolute atomic E-state index is 0.251. The first-order valence-corrected chi connectivity index (χ1v) is 10.2. The summed E-state index contributed by atoms with van der Waals surface area (Å²) in [6.45, 7) is 8.96. The van der Waals surface area contributed by atoms with Gasteiger partial charge in [-0.2, -0.15) is 0 Å². The molecule has 0 amide bonds. The van der Waals surface area contributed by atoms with E-state index < -0.39 is 0 Å². The number of hydrogen-bond donors (Lipinski definition) is 1. The van der Waals surface area contributed by atoms with E-state index in [-0.39, 0.29) is 5.97 Å². The first kappa shape index (κ1) is 19.5. The summed E-state index contributed by atoms with van der Waals surface area (Å²) in [5.41, 5.74) is 7.63. The van der Waals surface area contributed by atoms with Crippen LogP contribution in [0.1, 0.15) is 45.2 Å². The van der Waals surface area contributed by atoms with Crippen LogP contribution in [0.2, 0.25) is 0 Å². The molecule has 0 aliphatic carbocycles. The highest BCUT2D eigenvalue weighted by Gasteiger charge is 2.23. The van der Waals surface area contributed by atoms with Crippen LogP contribution in [-0.4, -0.2) is 36.1 Å². The Balaban J connectivity index is 1.69. The molecule has 29 heavy (non-hydrogen) atoms. The molecule has 0 radical (unpaired) electrons. The fraction of sp³-hybridized carbons (Fsp3) is 0.375. The Kier molecular flexibility index (Phi) is 5.33. The van der Waals surface area contributed by atoms with Crippen LogP contribution in [0.5, 0.6) is 5.75 Å². The van der Waals surface area contributed by atoms with Gasteiger partial charge in [-0.15, -0.1) is 0 Å². The Morgan fingerprint density at radius 3 is 2.76 bits per heavy atom. The molecule has 1 N–H and O–H groups in total. The molecule has 0 saturated carbocycles.